The fraction of sp³-hybridized carbons (Fsp3) is 0.900. The fourth-order valence-electron chi connectivity index (χ4n) is 1.06. The number of carbonyl (C=O) groups excluding carboxylic acids is 1. The normalized spacial score (nSPS) is 12.5. The molecule has 0 aromatic heterocycles. The third kappa shape index (κ3) is 8.35. The van der Waals surface area contributed by atoms with Gasteiger partial charge >= 0.3 is 0 Å². The van der Waals surface area contributed by atoms with Gasteiger partial charge in [0, 0.05) is 33.9 Å². The van der Waals surface area contributed by atoms with Gasteiger partial charge in [-0.3, -0.25) is 4.79 Å². The quantitative estimate of drug-likeness (QED) is 0.525. The zero-order valence-corrected chi connectivity index (χ0v) is 9.84. The van der Waals surface area contributed by atoms with Crippen LogP contribution in [0.3, 0.4) is 0 Å². The second kappa shape index (κ2) is 9.89. The minimum atomic E-state index is -0.169. The predicted octanol–water partition coefficient (Wildman–Crippen LogP) is -0.236. The maximum Gasteiger partial charge on any atom is 0.236 e. The van der Waals surface area contributed by atoms with Gasteiger partial charge in [0.25, 0.3) is 0 Å². The van der Waals surface area contributed by atoms with Crippen molar-refractivity contribution in [3.63, 3.8) is 0 Å². The second-order valence-corrected chi connectivity index (χ2v) is 3.25. The summed E-state index contributed by atoms with van der Waals surface area (Å²) in [6.45, 7) is 4.54. The number of amides is 1. The van der Waals surface area contributed by atoms with Crippen LogP contribution in [0.25, 0.3) is 0 Å². The maximum absolute atomic E-state index is 11.1. The van der Waals surface area contributed by atoms with Crippen molar-refractivity contribution in [3.05, 3.63) is 0 Å². The molecule has 0 fully saturated rings. The van der Waals surface area contributed by atoms with Gasteiger partial charge in [0.1, 0.15) is 0 Å². The van der Waals surface area contributed by atoms with Crippen LogP contribution in [0.2, 0.25) is 0 Å². The lowest BCUT2D eigenvalue weighted by Crippen LogP contribution is -2.41. The summed E-state index contributed by atoms with van der Waals surface area (Å²) in [6, 6.07) is -0.169. The van der Waals surface area contributed by atoms with Crippen LogP contribution in [-0.4, -0.2) is 52.5 Å². The number of hydrogen-bond acceptors (Lipinski definition) is 4. The van der Waals surface area contributed by atoms with Crippen LogP contribution in [0.5, 0.6) is 0 Å². The SMILES string of the molecule is CNC(=O)C(C)NCCOCCCOC. The molecule has 0 saturated carbocycles. The van der Waals surface area contributed by atoms with Crippen LogP contribution in [0.4, 0.5) is 0 Å². The van der Waals surface area contributed by atoms with Gasteiger partial charge in [0.2, 0.25) is 5.91 Å². The van der Waals surface area contributed by atoms with E-state index in [-0.39, 0.29) is 11.9 Å². The minimum absolute atomic E-state index is 0.00520. The highest BCUT2D eigenvalue weighted by Crippen LogP contribution is 1.84. The van der Waals surface area contributed by atoms with Crippen molar-refractivity contribution in [2.75, 3.05) is 40.5 Å². The van der Waals surface area contributed by atoms with Crippen LogP contribution in [0, 0.1) is 0 Å². The Morgan fingerprint density at radius 2 is 2.07 bits per heavy atom. The Kier molecular flexibility index (Phi) is 9.46. The van der Waals surface area contributed by atoms with Gasteiger partial charge in [-0.2, -0.15) is 0 Å². The molecule has 1 unspecified atom stereocenters. The summed E-state index contributed by atoms with van der Waals surface area (Å²) in [4.78, 5) is 11.1. The van der Waals surface area contributed by atoms with E-state index in [2.05, 4.69) is 10.6 Å². The van der Waals surface area contributed by atoms with E-state index in [1.165, 1.54) is 0 Å². The monoisotopic (exact) mass is 218 g/mol. The molecule has 0 rings (SSSR count). The van der Waals surface area contributed by atoms with Crippen LogP contribution in [0.15, 0.2) is 0 Å². The molecule has 1 amide bonds. The van der Waals surface area contributed by atoms with E-state index in [0.29, 0.717) is 19.8 Å². The van der Waals surface area contributed by atoms with Gasteiger partial charge in [0.15, 0.2) is 0 Å². The Morgan fingerprint density at radius 1 is 1.33 bits per heavy atom. The molecule has 2 N–H and O–H groups in total. The summed E-state index contributed by atoms with van der Waals surface area (Å²) in [7, 11) is 3.30. The first-order valence-electron chi connectivity index (χ1n) is 5.24. The molecule has 5 nitrogen and oxygen atoms in total. The second-order valence-electron chi connectivity index (χ2n) is 3.25. The van der Waals surface area contributed by atoms with Crippen molar-refractivity contribution in [2.45, 2.75) is 19.4 Å². The number of ether oxygens (including phenoxy) is 2. The molecule has 90 valence electrons. The van der Waals surface area contributed by atoms with E-state index in [1.807, 2.05) is 6.92 Å². The Labute approximate surface area is 91.5 Å². The lowest BCUT2D eigenvalue weighted by atomic mass is 10.3. The van der Waals surface area contributed by atoms with Gasteiger partial charge in [0.05, 0.1) is 12.6 Å². The molecule has 5 heteroatoms. The molecule has 0 aliphatic carbocycles. The smallest absolute Gasteiger partial charge is 0.236 e. The number of carbonyl (C=O) groups is 1. The Morgan fingerprint density at radius 3 is 2.67 bits per heavy atom. The summed E-state index contributed by atoms with van der Waals surface area (Å²) in [5.41, 5.74) is 0. The average molecular weight is 218 g/mol. The van der Waals surface area contributed by atoms with Crippen molar-refractivity contribution >= 4 is 5.91 Å². The zero-order chi connectivity index (χ0) is 11.5. The molecule has 1 atom stereocenters. The number of nitrogens with one attached hydrogen (secondary N) is 2. The topological polar surface area (TPSA) is 59.6 Å². The van der Waals surface area contributed by atoms with Crippen molar-refractivity contribution < 1.29 is 14.3 Å². The molecular formula is C10H22N2O3. The number of likely N-dealkylation sites (N-methyl/N-ethyl adjacent to an activating group) is 1. The van der Waals surface area contributed by atoms with E-state index in [0.717, 1.165) is 13.0 Å². The third-order valence-electron chi connectivity index (χ3n) is 1.97. The van der Waals surface area contributed by atoms with E-state index in [4.69, 9.17) is 9.47 Å². The Bertz CT molecular complexity index is 165. The zero-order valence-electron chi connectivity index (χ0n) is 9.84. The molecule has 0 spiro atoms. The van der Waals surface area contributed by atoms with Gasteiger partial charge < -0.3 is 20.1 Å². The maximum atomic E-state index is 11.1. The van der Waals surface area contributed by atoms with Crippen LogP contribution in [0.1, 0.15) is 13.3 Å². The predicted molar refractivity (Wildman–Crippen MR) is 58.8 cm³/mol. The van der Waals surface area contributed by atoms with Crippen LogP contribution in [-0.2, 0) is 14.3 Å². The van der Waals surface area contributed by atoms with Crippen molar-refractivity contribution in [1.29, 1.82) is 0 Å². The van der Waals surface area contributed by atoms with Crippen molar-refractivity contribution in [2.24, 2.45) is 0 Å². The van der Waals surface area contributed by atoms with E-state index in [1.54, 1.807) is 14.2 Å². The highest BCUT2D eigenvalue weighted by Gasteiger charge is 2.08. The van der Waals surface area contributed by atoms with Crippen molar-refractivity contribution in [3.8, 4) is 0 Å². The average Bonchev–Trinajstić information content (AvgIpc) is 2.26. The first kappa shape index (κ1) is 14.3. The molecule has 0 saturated heterocycles. The molecule has 0 aliphatic rings. The largest absolute Gasteiger partial charge is 0.385 e. The van der Waals surface area contributed by atoms with Gasteiger partial charge in [-0.1, -0.05) is 0 Å². The summed E-state index contributed by atoms with van der Waals surface area (Å²) in [5.74, 6) is -0.00520. The van der Waals surface area contributed by atoms with Crippen molar-refractivity contribution in [1.82, 2.24) is 10.6 Å². The Balaban J connectivity index is 3.20. The molecule has 0 heterocycles. The summed E-state index contributed by atoms with van der Waals surface area (Å²) in [5, 5.41) is 5.63. The third-order valence-corrected chi connectivity index (χ3v) is 1.97. The van der Waals surface area contributed by atoms with E-state index < -0.39 is 0 Å². The molecule has 0 aliphatic heterocycles. The Hall–Kier alpha value is -0.650. The molecular weight excluding hydrogens is 196 g/mol. The fourth-order valence-corrected chi connectivity index (χ4v) is 1.06. The van der Waals surface area contributed by atoms with Crippen LogP contribution < -0.4 is 10.6 Å². The lowest BCUT2D eigenvalue weighted by molar-refractivity contribution is -0.122. The highest BCUT2D eigenvalue weighted by atomic mass is 16.5. The van der Waals surface area contributed by atoms with E-state index >= 15 is 0 Å². The number of hydrogen-bond donors (Lipinski definition) is 2. The minimum Gasteiger partial charge on any atom is -0.385 e. The standard InChI is InChI=1S/C10H22N2O3/c1-9(10(13)11-2)12-5-8-15-7-4-6-14-3/h9,12H,4-8H2,1-3H3,(H,11,13). The summed E-state index contributed by atoms with van der Waals surface area (Å²) >= 11 is 0. The lowest BCUT2D eigenvalue weighted by Gasteiger charge is -2.12. The van der Waals surface area contributed by atoms with Gasteiger partial charge in [-0.25, -0.2) is 0 Å². The summed E-state index contributed by atoms with van der Waals surface area (Å²) < 4.78 is 10.2. The molecule has 0 aromatic carbocycles. The first-order valence-corrected chi connectivity index (χ1v) is 5.24. The highest BCUT2D eigenvalue weighted by molar-refractivity contribution is 5.80. The number of rotatable bonds is 9. The molecule has 15 heavy (non-hydrogen) atoms. The van der Waals surface area contributed by atoms with Gasteiger partial charge in [-0.05, 0) is 13.3 Å². The molecule has 0 bridgehead atoms. The first-order chi connectivity index (χ1) is 7.22. The van der Waals surface area contributed by atoms with E-state index in [9.17, 15) is 4.79 Å². The molecule has 0 aromatic rings. The number of methoxy groups -OCH3 is 1. The van der Waals surface area contributed by atoms with Gasteiger partial charge in [-0.15, -0.1) is 0 Å². The molecule has 0 radical (unpaired) electrons. The summed E-state index contributed by atoms with van der Waals surface area (Å²) in [6.07, 6.45) is 0.904. The van der Waals surface area contributed by atoms with Crippen LogP contribution >= 0.6 is 0 Å².